The summed E-state index contributed by atoms with van der Waals surface area (Å²) in [5, 5.41) is 0. The van der Waals surface area contributed by atoms with Crippen molar-refractivity contribution in [2.24, 2.45) is 5.41 Å². The molecule has 2 fully saturated rings. The minimum Gasteiger partial charge on any atom is -0.380 e. The molecule has 2 aliphatic rings. The quantitative estimate of drug-likeness (QED) is 0.716. The van der Waals surface area contributed by atoms with E-state index in [1.165, 1.54) is 0 Å². The molecule has 2 unspecified atom stereocenters. The van der Waals surface area contributed by atoms with Crippen molar-refractivity contribution < 1.29 is 14.3 Å². The molecule has 4 nitrogen and oxygen atoms in total. The zero-order valence-corrected chi connectivity index (χ0v) is 11.8. The van der Waals surface area contributed by atoms with E-state index in [4.69, 9.17) is 9.47 Å². The topological polar surface area (TPSA) is 38.8 Å². The third-order valence-corrected chi connectivity index (χ3v) is 3.78. The summed E-state index contributed by atoms with van der Waals surface area (Å²) < 4.78 is 11.4. The summed E-state index contributed by atoms with van der Waals surface area (Å²) in [6.45, 7) is 10.3. The van der Waals surface area contributed by atoms with Crippen LogP contribution in [0.25, 0.3) is 0 Å². The van der Waals surface area contributed by atoms with Crippen molar-refractivity contribution in [2.45, 2.75) is 45.3 Å². The number of hydrogen-bond donors (Lipinski definition) is 0. The van der Waals surface area contributed by atoms with Crippen molar-refractivity contribution in [3.05, 3.63) is 0 Å². The molecule has 2 heterocycles. The summed E-state index contributed by atoms with van der Waals surface area (Å²) >= 11 is 0. The van der Waals surface area contributed by atoms with Gasteiger partial charge in [-0.3, -0.25) is 4.90 Å². The highest BCUT2D eigenvalue weighted by atomic mass is 16.5. The van der Waals surface area contributed by atoms with Crippen LogP contribution in [-0.2, 0) is 14.3 Å². The second-order valence-corrected chi connectivity index (χ2v) is 6.49. The molecule has 4 heteroatoms. The monoisotopic (exact) mass is 255 g/mol. The Bertz CT molecular complexity index is 297. The third-order valence-electron chi connectivity index (χ3n) is 3.78. The molecule has 2 aliphatic heterocycles. The summed E-state index contributed by atoms with van der Waals surface area (Å²) in [6.07, 6.45) is 3.27. The minimum absolute atomic E-state index is 0.128. The maximum absolute atomic E-state index is 11.5. The van der Waals surface area contributed by atoms with Gasteiger partial charge in [0.2, 0.25) is 0 Å². The third kappa shape index (κ3) is 3.31. The smallest absolute Gasteiger partial charge is 0.129 e. The van der Waals surface area contributed by atoms with Crippen LogP contribution in [0.2, 0.25) is 0 Å². The molecule has 0 N–H and O–H groups in total. The van der Waals surface area contributed by atoms with Crippen LogP contribution < -0.4 is 0 Å². The number of morpholine rings is 1. The van der Waals surface area contributed by atoms with E-state index in [0.717, 1.165) is 45.4 Å². The summed E-state index contributed by atoms with van der Waals surface area (Å²) in [4.78, 5) is 13.8. The van der Waals surface area contributed by atoms with Crippen LogP contribution in [0.4, 0.5) is 0 Å². The Morgan fingerprint density at radius 3 is 2.78 bits per heavy atom. The van der Waals surface area contributed by atoms with Crippen LogP contribution in [0.3, 0.4) is 0 Å². The normalized spacial score (nSPS) is 37.4. The Morgan fingerprint density at radius 2 is 2.22 bits per heavy atom. The molecular weight excluding hydrogens is 230 g/mol. The molecule has 0 aromatic heterocycles. The Hall–Kier alpha value is -0.450. The number of carbonyl (C=O) groups is 1. The lowest BCUT2D eigenvalue weighted by Gasteiger charge is -2.45. The molecule has 0 spiro atoms. The molecule has 0 aliphatic carbocycles. The summed E-state index contributed by atoms with van der Waals surface area (Å²) in [7, 11) is 0. The van der Waals surface area contributed by atoms with Gasteiger partial charge in [0, 0.05) is 26.2 Å². The van der Waals surface area contributed by atoms with E-state index in [0.29, 0.717) is 6.61 Å². The van der Waals surface area contributed by atoms with E-state index in [9.17, 15) is 4.79 Å². The first-order chi connectivity index (χ1) is 8.45. The predicted octanol–water partition coefficient (Wildman–Crippen LogP) is 1.48. The van der Waals surface area contributed by atoms with E-state index in [1.807, 2.05) is 0 Å². The number of ether oxygens (including phenoxy) is 2. The van der Waals surface area contributed by atoms with Crippen molar-refractivity contribution >= 4 is 6.29 Å². The summed E-state index contributed by atoms with van der Waals surface area (Å²) in [6, 6.07) is 0. The molecule has 2 rings (SSSR count). The lowest BCUT2D eigenvalue weighted by atomic mass is 9.83. The lowest BCUT2D eigenvalue weighted by Crippen LogP contribution is -2.55. The second kappa shape index (κ2) is 5.27. The average Bonchev–Trinajstić information content (AvgIpc) is 2.27. The van der Waals surface area contributed by atoms with Gasteiger partial charge in [-0.05, 0) is 33.6 Å². The van der Waals surface area contributed by atoms with Gasteiger partial charge in [-0.15, -0.1) is 0 Å². The molecule has 2 atom stereocenters. The SMILES string of the molecule is CC1CN(CC2(C=O)CCCOC2)CC(C)(C)O1. The van der Waals surface area contributed by atoms with Gasteiger partial charge in [-0.2, -0.15) is 0 Å². The van der Waals surface area contributed by atoms with Gasteiger partial charge in [-0.1, -0.05) is 0 Å². The Labute approximate surface area is 110 Å². The number of aldehydes is 1. The predicted molar refractivity (Wildman–Crippen MR) is 69.6 cm³/mol. The first-order valence-corrected chi connectivity index (χ1v) is 6.89. The fourth-order valence-electron chi connectivity index (χ4n) is 3.28. The maximum Gasteiger partial charge on any atom is 0.129 e. The zero-order valence-electron chi connectivity index (χ0n) is 11.8. The highest BCUT2D eigenvalue weighted by molar-refractivity contribution is 5.60. The van der Waals surface area contributed by atoms with Crippen molar-refractivity contribution in [2.75, 3.05) is 32.8 Å². The zero-order chi connectivity index (χ0) is 13.2. The molecule has 18 heavy (non-hydrogen) atoms. The maximum atomic E-state index is 11.5. The fourth-order valence-corrected chi connectivity index (χ4v) is 3.28. The van der Waals surface area contributed by atoms with Crippen LogP contribution in [0.5, 0.6) is 0 Å². The minimum atomic E-state index is -0.300. The van der Waals surface area contributed by atoms with Gasteiger partial charge in [0.1, 0.15) is 6.29 Å². The van der Waals surface area contributed by atoms with Gasteiger partial charge in [0.25, 0.3) is 0 Å². The van der Waals surface area contributed by atoms with Crippen LogP contribution in [0.15, 0.2) is 0 Å². The average molecular weight is 255 g/mol. The largest absolute Gasteiger partial charge is 0.380 e. The van der Waals surface area contributed by atoms with Crippen LogP contribution >= 0.6 is 0 Å². The molecule has 0 aromatic carbocycles. The molecular formula is C14H25NO3. The van der Waals surface area contributed by atoms with Crippen molar-refractivity contribution in [1.82, 2.24) is 4.90 Å². The van der Waals surface area contributed by atoms with Crippen LogP contribution in [0, 0.1) is 5.41 Å². The van der Waals surface area contributed by atoms with E-state index in [-0.39, 0.29) is 17.1 Å². The molecule has 0 radical (unpaired) electrons. The summed E-state index contributed by atoms with van der Waals surface area (Å²) in [5.41, 5.74) is -0.428. The summed E-state index contributed by atoms with van der Waals surface area (Å²) in [5.74, 6) is 0. The van der Waals surface area contributed by atoms with Crippen molar-refractivity contribution in [3.63, 3.8) is 0 Å². The Balaban J connectivity index is 2.00. The molecule has 104 valence electrons. The first kappa shape index (κ1) is 14.0. The van der Waals surface area contributed by atoms with Gasteiger partial charge in [0.15, 0.2) is 0 Å². The molecule has 0 saturated carbocycles. The first-order valence-electron chi connectivity index (χ1n) is 6.89. The molecule has 0 bridgehead atoms. The van der Waals surface area contributed by atoms with E-state index >= 15 is 0 Å². The van der Waals surface area contributed by atoms with Crippen molar-refractivity contribution in [1.29, 1.82) is 0 Å². The van der Waals surface area contributed by atoms with Crippen molar-refractivity contribution in [3.8, 4) is 0 Å². The number of carbonyl (C=O) groups excluding carboxylic acids is 1. The second-order valence-electron chi connectivity index (χ2n) is 6.49. The fraction of sp³-hybridized carbons (Fsp3) is 0.929. The molecule has 2 saturated heterocycles. The van der Waals surface area contributed by atoms with E-state index in [2.05, 4.69) is 25.7 Å². The van der Waals surface area contributed by atoms with Gasteiger partial charge >= 0.3 is 0 Å². The number of hydrogen-bond acceptors (Lipinski definition) is 4. The van der Waals surface area contributed by atoms with Gasteiger partial charge < -0.3 is 14.3 Å². The highest BCUT2D eigenvalue weighted by Crippen LogP contribution is 2.30. The standard InChI is InChI=1S/C14H25NO3/c1-12-7-15(8-13(2,3)18-12)9-14(10-16)5-4-6-17-11-14/h10,12H,4-9,11H2,1-3H3. The Kier molecular flexibility index (Phi) is 4.09. The Morgan fingerprint density at radius 1 is 1.44 bits per heavy atom. The molecule has 0 amide bonds. The van der Waals surface area contributed by atoms with E-state index < -0.39 is 0 Å². The van der Waals surface area contributed by atoms with Crippen LogP contribution in [-0.4, -0.2) is 55.7 Å². The van der Waals surface area contributed by atoms with Crippen LogP contribution in [0.1, 0.15) is 33.6 Å². The van der Waals surface area contributed by atoms with E-state index in [1.54, 1.807) is 0 Å². The lowest BCUT2D eigenvalue weighted by molar-refractivity contribution is -0.147. The van der Waals surface area contributed by atoms with Gasteiger partial charge in [-0.25, -0.2) is 0 Å². The highest BCUT2D eigenvalue weighted by Gasteiger charge is 2.39. The van der Waals surface area contributed by atoms with Gasteiger partial charge in [0.05, 0.1) is 23.7 Å². The number of nitrogens with zero attached hydrogens (tertiary/aromatic N) is 1. The molecule has 0 aromatic rings. The number of rotatable bonds is 3.